The highest BCUT2D eigenvalue weighted by atomic mass is 16.5. The van der Waals surface area contributed by atoms with Gasteiger partial charge < -0.3 is 4.74 Å². The van der Waals surface area contributed by atoms with Crippen LogP contribution in [0.1, 0.15) is 35.8 Å². The van der Waals surface area contributed by atoms with Crippen LogP contribution in [0, 0.1) is 6.92 Å². The third kappa shape index (κ3) is 3.98. The van der Waals surface area contributed by atoms with Crippen LogP contribution in [0.4, 0.5) is 0 Å². The van der Waals surface area contributed by atoms with Gasteiger partial charge in [0.15, 0.2) is 5.75 Å². The third-order valence-electron chi connectivity index (χ3n) is 5.14. The number of nitrogens with zero attached hydrogens (tertiary/aromatic N) is 6. The maximum atomic E-state index is 6.06. The zero-order valence-corrected chi connectivity index (χ0v) is 15.7. The molecule has 0 aromatic carbocycles. The summed E-state index contributed by atoms with van der Waals surface area (Å²) < 4.78 is 8.00. The van der Waals surface area contributed by atoms with Gasteiger partial charge in [-0.3, -0.25) is 19.5 Å². The fourth-order valence-electron chi connectivity index (χ4n) is 3.53. The summed E-state index contributed by atoms with van der Waals surface area (Å²) in [6.45, 7) is 4.92. The lowest BCUT2D eigenvalue weighted by atomic mass is 9.93. The minimum Gasteiger partial charge on any atom is -0.435 e. The van der Waals surface area contributed by atoms with Crippen LogP contribution in [0.15, 0.2) is 43.0 Å². The van der Waals surface area contributed by atoms with Crippen molar-refractivity contribution in [1.29, 1.82) is 0 Å². The average molecular weight is 364 g/mol. The van der Waals surface area contributed by atoms with E-state index in [9.17, 15) is 0 Å². The fourth-order valence-corrected chi connectivity index (χ4v) is 3.53. The highest BCUT2D eigenvalue weighted by molar-refractivity contribution is 5.33. The topological polar surface area (TPSA) is 69.0 Å². The first-order chi connectivity index (χ1) is 13.2. The van der Waals surface area contributed by atoms with Crippen LogP contribution in [0.5, 0.6) is 11.6 Å². The Hall–Kier alpha value is -2.80. The first-order valence-electron chi connectivity index (χ1n) is 9.30. The van der Waals surface area contributed by atoms with E-state index in [2.05, 4.69) is 31.0 Å². The molecule has 27 heavy (non-hydrogen) atoms. The van der Waals surface area contributed by atoms with E-state index in [1.54, 1.807) is 18.6 Å². The largest absolute Gasteiger partial charge is 0.435 e. The summed E-state index contributed by atoms with van der Waals surface area (Å²) in [6.07, 6.45) is 9.13. The molecule has 0 aliphatic carbocycles. The summed E-state index contributed by atoms with van der Waals surface area (Å²) in [5.41, 5.74) is 3.03. The van der Waals surface area contributed by atoms with Gasteiger partial charge in [-0.1, -0.05) is 0 Å². The zero-order valence-electron chi connectivity index (χ0n) is 15.7. The fraction of sp³-hybridized carbons (Fsp3) is 0.400. The smallest absolute Gasteiger partial charge is 0.241 e. The van der Waals surface area contributed by atoms with Crippen LogP contribution >= 0.6 is 0 Å². The van der Waals surface area contributed by atoms with E-state index in [4.69, 9.17) is 4.74 Å². The molecule has 3 aromatic rings. The normalized spacial score (nSPS) is 15.8. The molecule has 0 amide bonds. The van der Waals surface area contributed by atoms with Crippen LogP contribution in [0.3, 0.4) is 0 Å². The Balaban J connectivity index is 1.44. The molecule has 4 rings (SSSR count). The van der Waals surface area contributed by atoms with Crippen LogP contribution in [-0.2, 0) is 13.6 Å². The molecule has 1 fully saturated rings. The minimum atomic E-state index is 0.355. The van der Waals surface area contributed by atoms with E-state index in [0.29, 0.717) is 11.8 Å². The predicted octanol–water partition coefficient (Wildman–Crippen LogP) is 3.09. The number of piperidine rings is 1. The Labute approximate surface area is 159 Å². The molecule has 1 saturated heterocycles. The highest BCUT2D eigenvalue weighted by Crippen LogP contribution is 2.34. The third-order valence-corrected chi connectivity index (χ3v) is 5.14. The standard InChI is InChI=1S/C20H24N6O/c1-15-18(4-3-8-21-15)27-20-19(22-10-11-23-20)16-6-12-26(13-7-16)14-17-5-9-24-25(17)2/h3-5,8-11,16H,6-7,12-14H2,1-2H3. The molecule has 1 aliphatic rings. The molecule has 0 bridgehead atoms. The van der Waals surface area contributed by atoms with Gasteiger partial charge in [0, 0.05) is 44.3 Å². The molecule has 0 N–H and O–H groups in total. The number of ether oxygens (including phenoxy) is 1. The Morgan fingerprint density at radius 3 is 2.59 bits per heavy atom. The van der Waals surface area contributed by atoms with Crippen LogP contribution in [0.25, 0.3) is 0 Å². The molecule has 0 unspecified atom stereocenters. The number of hydrogen-bond acceptors (Lipinski definition) is 6. The second-order valence-corrected chi connectivity index (χ2v) is 6.93. The van der Waals surface area contributed by atoms with Crippen LogP contribution < -0.4 is 4.74 Å². The summed E-state index contributed by atoms with van der Waals surface area (Å²) in [5, 5.41) is 4.25. The molecule has 7 nitrogen and oxygen atoms in total. The van der Waals surface area contributed by atoms with Gasteiger partial charge in [0.05, 0.1) is 11.4 Å². The number of rotatable bonds is 5. The lowest BCUT2D eigenvalue weighted by Crippen LogP contribution is -2.33. The number of likely N-dealkylation sites (tertiary alicyclic amines) is 1. The van der Waals surface area contributed by atoms with Gasteiger partial charge in [-0.25, -0.2) is 4.98 Å². The van der Waals surface area contributed by atoms with E-state index in [-0.39, 0.29) is 0 Å². The summed E-state index contributed by atoms with van der Waals surface area (Å²) in [4.78, 5) is 15.8. The van der Waals surface area contributed by atoms with Crippen LogP contribution in [-0.4, -0.2) is 42.7 Å². The molecular weight excluding hydrogens is 340 g/mol. The van der Waals surface area contributed by atoms with Crippen molar-refractivity contribution in [2.45, 2.75) is 32.2 Å². The molecule has 0 radical (unpaired) electrons. The van der Waals surface area contributed by atoms with E-state index in [1.807, 2.05) is 37.0 Å². The van der Waals surface area contributed by atoms with E-state index in [1.165, 1.54) is 5.69 Å². The van der Waals surface area contributed by atoms with Gasteiger partial charge in [0.1, 0.15) is 5.69 Å². The maximum Gasteiger partial charge on any atom is 0.241 e. The van der Waals surface area contributed by atoms with Crippen molar-refractivity contribution in [3.05, 3.63) is 60.1 Å². The van der Waals surface area contributed by atoms with Crippen molar-refractivity contribution in [3.63, 3.8) is 0 Å². The first kappa shape index (κ1) is 17.6. The molecule has 0 saturated carbocycles. The first-order valence-corrected chi connectivity index (χ1v) is 9.30. The van der Waals surface area contributed by atoms with Gasteiger partial charge in [-0.15, -0.1) is 0 Å². The van der Waals surface area contributed by atoms with Gasteiger partial charge in [-0.2, -0.15) is 5.10 Å². The molecule has 3 aromatic heterocycles. The van der Waals surface area contributed by atoms with Crippen molar-refractivity contribution in [2.24, 2.45) is 7.05 Å². The summed E-state index contributed by atoms with van der Waals surface area (Å²) in [5.74, 6) is 1.68. The van der Waals surface area contributed by atoms with Gasteiger partial charge >= 0.3 is 0 Å². The summed E-state index contributed by atoms with van der Waals surface area (Å²) >= 11 is 0. The van der Waals surface area contributed by atoms with Gasteiger partial charge in [0.25, 0.3) is 0 Å². The van der Waals surface area contributed by atoms with Crippen molar-refractivity contribution in [2.75, 3.05) is 13.1 Å². The van der Waals surface area contributed by atoms with Crippen molar-refractivity contribution >= 4 is 0 Å². The van der Waals surface area contributed by atoms with E-state index >= 15 is 0 Å². The second kappa shape index (κ2) is 7.84. The lowest BCUT2D eigenvalue weighted by molar-refractivity contribution is 0.197. The number of pyridine rings is 1. The zero-order chi connectivity index (χ0) is 18.6. The summed E-state index contributed by atoms with van der Waals surface area (Å²) in [6, 6.07) is 5.86. The van der Waals surface area contributed by atoms with Gasteiger partial charge in [-0.05, 0) is 51.1 Å². The Morgan fingerprint density at radius 1 is 1.04 bits per heavy atom. The van der Waals surface area contributed by atoms with Crippen LogP contribution in [0.2, 0.25) is 0 Å². The molecule has 1 aliphatic heterocycles. The summed E-state index contributed by atoms with van der Waals surface area (Å²) in [7, 11) is 1.99. The number of hydrogen-bond donors (Lipinski definition) is 0. The molecule has 0 atom stereocenters. The van der Waals surface area contributed by atoms with Gasteiger partial charge in [0.2, 0.25) is 5.88 Å². The molecule has 140 valence electrons. The maximum absolute atomic E-state index is 6.06. The lowest BCUT2D eigenvalue weighted by Gasteiger charge is -2.31. The predicted molar refractivity (Wildman–Crippen MR) is 102 cm³/mol. The quantitative estimate of drug-likeness (QED) is 0.693. The Morgan fingerprint density at radius 2 is 1.85 bits per heavy atom. The molecule has 0 spiro atoms. The van der Waals surface area contributed by atoms with Crippen molar-refractivity contribution in [1.82, 2.24) is 29.6 Å². The SMILES string of the molecule is Cc1ncccc1Oc1nccnc1C1CCN(Cc2ccnn2C)CC1. The number of aryl methyl sites for hydroxylation is 2. The molecule has 7 heteroatoms. The number of aromatic nitrogens is 5. The minimum absolute atomic E-state index is 0.355. The second-order valence-electron chi connectivity index (χ2n) is 6.93. The molecule has 4 heterocycles. The average Bonchev–Trinajstić information content (AvgIpc) is 3.09. The van der Waals surface area contributed by atoms with Crippen molar-refractivity contribution < 1.29 is 4.74 Å². The van der Waals surface area contributed by atoms with E-state index < -0.39 is 0 Å². The monoisotopic (exact) mass is 364 g/mol. The van der Waals surface area contributed by atoms with Crippen molar-refractivity contribution in [3.8, 4) is 11.6 Å². The Kier molecular flexibility index (Phi) is 5.11. The van der Waals surface area contributed by atoms with E-state index in [0.717, 1.165) is 49.6 Å². The molecular formula is C20H24N6O. The Bertz CT molecular complexity index is 901. The highest BCUT2D eigenvalue weighted by Gasteiger charge is 2.25.